The molecule has 2 aromatic heterocycles. The van der Waals surface area contributed by atoms with E-state index < -0.39 is 5.91 Å². The van der Waals surface area contributed by atoms with Crippen LogP contribution < -0.4 is 5.32 Å². The molecule has 0 fully saturated rings. The summed E-state index contributed by atoms with van der Waals surface area (Å²) in [7, 11) is 0. The number of hydrogen-bond acceptors (Lipinski definition) is 4. The zero-order chi connectivity index (χ0) is 20.8. The number of aryl methyl sites for hydroxylation is 1. The zero-order valence-corrected chi connectivity index (χ0v) is 16.8. The highest BCUT2D eigenvalue weighted by Gasteiger charge is 2.13. The first-order valence-electron chi connectivity index (χ1n) is 9.50. The van der Waals surface area contributed by atoms with E-state index in [4.69, 9.17) is 0 Å². The Balaban J connectivity index is 1.78. The quantitative estimate of drug-likeness (QED) is 0.499. The Morgan fingerprint density at radius 2 is 1.90 bits per heavy atom. The van der Waals surface area contributed by atoms with Crippen LogP contribution in [0.2, 0.25) is 0 Å². The van der Waals surface area contributed by atoms with Crippen LogP contribution in [0.5, 0.6) is 0 Å². The molecule has 0 unspecified atom stereocenters. The Kier molecular flexibility index (Phi) is 6.20. The van der Waals surface area contributed by atoms with Gasteiger partial charge in [0.2, 0.25) is 0 Å². The van der Waals surface area contributed by atoms with Crippen molar-refractivity contribution in [3.05, 3.63) is 71.3 Å². The Bertz CT molecular complexity index is 1070. The molecule has 6 heteroatoms. The van der Waals surface area contributed by atoms with Gasteiger partial charge in [0.15, 0.2) is 5.82 Å². The van der Waals surface area contributed by atoms with Gasteiger partial charge < -0.3 is 9.88 Å². The molecule has 3 aromatic rings. The van der Waals surface area contributed by atoms with Crippen molar-refractivity contribution in [2.24, 2.45) is 0 Å². The van der Waals surface area contributed by atoms with Gasteiger partial charge in [-0.25, -0.2) is 9.97 Å². The Morgan fingerprint density at radius 1 is 1.21 bits per heavy atom. The number of aromatic nitrogens is 3. The van der Waals surface area contributed by atoms with Crippen LogP contribution in [0.25, 0.3) is 17.5 Å². The molecule has 3 rings (SSSR count). The smallest absolute Gasteiger partial charge is 0.266 e. The predicted octanol–water partition coefficient (Wildman–Crippen LogP) is 4.52. The lowest BCUT2D eigenvalue weighted by molar-refractivity contribution is -0.112. The molecule has 6 nitrogen and oxygen atoms in total. The fourth-order valence-electron chi connectivity index (χ4n) is 3.17. The van der Waals surface area contributed by atoms with E-state index in [1.807, 2.05) is 56.3 Å². The van der Waals surface area contributed by atoms with Crippen molar-refractivity contribution in [3.63, 3.8) is 0 Å². The van der Waals surface area contributed by atoms with E-state index in [1.165, 1.54) is 12.4 Å². The maximum Gasteiger partial charge on any atom is 0.266 e. The summed E-state index contributed by atoms with van der Waals surface area (Å²) in [4.78, 5) is 21.1. The third kappa shape index (κ3) is 4.58. The van der Waals surface area contributed by atoms with Crippen LogP contribution in [0.1, 0.15) is 30.3 Å². The molecule has 1 amide bonds. The van der Waals surface area contributed by atoms with Crippen LogP contribution in [0.15, 0.2) is 54.4 Å². The van der Waals surface area contributed by atoms with Crippen LogP contribution in [0, 0.1) is 25.2 Å². The summed E-state index contributed by atoms with van der Waals surface area (Å²) in [6.07, 6.45) is 5.72. The highest BCUT2D eigenvalue weighted by molar-refractivity contribution is 6.09. The first kappa shape index (κ1) is 20.0. The number of carbonyl (C=O) groups is 1. The van der Waals surface area contributed by atoms with E-state index in [1.54, 1.807) is 6.08 Å². The van der Waals surface area contributed by atoms with Gasteiger partial charge in [0.05, 0.1) is 18.1 Å². The highest BCUT2D eigenvalue weighted by atomic mass is 16.1. The Labute approximate surface area is 170 Å². The molecule has 1 aromatic carbocycles. The molecule has 2 heterocycles. The number of nitriles is 1. The Hall–Kier alpha value is -3.72. The van der Waals surface area contributed by atoms with Crippen LogP contribution in [0.4, 0.5) is 5.69 Å². The van der Waals surface area contributed by atoms with E-state index in [9.17, 15) is 10.1 Å². The summed E-state index contributed by atoms with van der Waals surface area (Å²) >= 11 is 0. The number of amides is 1. The minimum atomic E-state index is -0.483. The van der Waals surface area contributed by atoms with Crippen LogP contribution in [0.3, 0.4) is 0 Å². The predicted molar refractivity (Wildman–Crippen MR) is 114 cm³/mol. The van der Waals surface area contributed by atoms with E-state index >= 15 is 0 Å². The van der Waals surface area contributed by atoms with Crippen molar-refractivity contribution in [2.45, 2.75) is 33.7 Å². The molecule has 29 heavy (non-hydrogen) atoms. The second-order valence-corrected chi connectivity index (χ2v) is 6.76. The topological polar surface area (TPSA) is 83.6 Å². The SMILES string of the molecule is CCCn1c(C)cc(/C=C(\C#N)C(=O)Nc2cnc(-c3ccccc3)nc2)c1C. The highest BCUT2D eigenvalue weighted by Crippen LogP contribution is 2.20. The van der Waals surface area contributed by atoms with Crippen molar-refractivity contribution >= 4 is 17.7 Å². The zero-order valence-electron chi connectivity index (χ0n) is 16.8. The first-order chi connectivity index (χ1) is 14.0. The number of benzene rings is 1. The molecular formula is C23H23N5O. The van der Waals surface area contributed by atoms with Gasteiger partial charge in [0.1, 0.15) is 11.6 Å². The van der Waals surface area contributed by atoms with Crippen molar-refractivity contribution in [2.75, 3.05) is 5.32 Å². The number of rotatable bonds is 6. The molecule has 0 radical (unpaired) electrons. The summed E-state index contributed by atoms with van der Waals surface area (Å²) < 4.78 is 2.19. The summed E-state index contributed by atoms with van der Waals surface area (Å²) in [5, 5.41) is 12.2. The van der Waals surface area contributed by atoms with Gasteiger partial charge in [0, 0.05) is 23.5 Å². The minimum absolute atomic E-state index is 0.0360. The molecule has 0 bridgehead atoms. The van der Waals surface area contributed by atoms with Crippen molar-refractivity contribution in [1.29, 1.82) is 5.26 Å². The molecule has 0 aliphatic carbocycles. The number of hydrogen-bond donors (Lipinski definition) is 1. The maximum absolute atomic E-state index is 12.6. The van der Waals surface area contributed by atoms with Gasteiger partial charge in [-0.1, -0.05) is 37.3 Å². The van der Waals surface area contributed by atoms with Gasteiger partial charge in [-0.15, -0.1) is 0 Å². The monoisotopic (exact) mass is 385 g/mol. The summed E-state index contributed by atoms with van der Waals surface area (Å²) in [6.45, 7) is 7.05. The third-order valence-corrected chi connectivity index (χ3v) is 4.67. The van der Waals surface area contributed by atoms with Crippen LogP contribution in [-0.4, -0.2) is 20.4 Å². The largest absolute Gasteiger partial charge is 0.349 e. The summed E-state index contributed by atoms with van der Waals surface area (Å²) in [5.74, 6) is 0.0897. The molecule has 0 aliphatic heterocycles. The lowest BCUT2D eigenvalue weighted by Gasteiger charge is -2.07. The lowest BCUT2D eigenvalue weighted by atomic mass is 10.1. The average molecular weight is 385 g/mol. The minimum Gasteiger partial charge on any atom is -0.349 e. The first-order valence-corrected chi connectivity index (χ1v) is 9.50. The fourth-order valence-corrected chi connectivity index (χ4v) is 3.17. The third-order valence-electron chi connectivity index (χ3n) is 4.67. The van der Waals surface area contributed by atoms with E-state index in [0.29, 0.717) is 11.5 Å². The second kappa shape index (κ2) is 8.98. The molecule has 1 N–H and O–H groups in total. The molecule has 0 saturated carbocycles. The van der Waals surface area contributed by atoms with Crippen molar-refractivity contribution < 1.29 is 4.79 Å². The summed E-state index contributed by atoms with van der Waals surface area (Å²) in [5.41, 5.74) is 4.39. The lowest BCUT2D eigenvalue weighted by Crippen LogP contribution is -2.14. The second-order valence-electron chi connectivity index (χ2n) is 6.76. The molecule has 146 valence electrons. The van der Waals surface area contributed by atoms with Gasteiger partial charge in [-0.3, -0.25) is 4.79 Å². The molecule has 0 saturated heterocycles. The average Bonchev–Trinajstić information content (AvgIpc) is 3.00. The van der Waals surface area contributed by atoms with E-state index in [0.717, 1.165) is 35.5 Å². The number of carbonyl (C=O) groups excluding carboxylic acids is 1. The maximum atomic E-state index is 12.6. The van der Waals surface area contributed by atoms with E-state index in [2.05, 4.69) is 26.8 Å². The Morgan fingerprint density at radius 3 is 2.52 bits per heavy atom. The van der Waals surface area contributed by atoms with E-state index in [-0.39, 0.29) is 5.57 Å². The molecule has 0 spiro atoms. The normalized spacial score (nSPS) is 11.2. The molecular weight excluding hydrogens is 362 g/mol. The number of nitrogens with one attached hydrogen (secondary N) is 1. The van der Waals surface area contributed by atoms with Gasteiger partial charge in [-0.2, -0.15) is 5.26 Å². The van der Waals surface area contributed by atoms with Gasteiger partial charge in [-0.05, 0) is 38.0 Å². The number of nitrogens with zero attached hydrogens (tertiary/aromatic N) is 4. The van der Waals surface area contributed by atoms with Crippen molar-refractivity contribution in [1.82, 2.24) is 14.5 Å². The standard InChI is InChI=1S/C23H23N5O/c1-4-10-28-16(2)11-19(17(28)3)12-20(13-24)23(29)27-21-14-25-22(26-15-21)18-8-6-5-7-9-18/h5-9,11-12,14-15H,4,10H2,1-3H3,(H,27,29)/b20-12+. The van der Waals surface area contributed by atoms with Crippen molar-refractivity contribution in [3.8, 4) is 17.5 Å². The van der Waals surface area contributed by atoms with Gasteiger partial charge >= 0.3 is 0 Å². The van der Waals surface area contributed by atoms with Crippen LogP contribution in [-0.2, 0) is 11.3 Å². The fraction of sp³-hybridized carbons (Fsp3) is 0.217. The molecule has 0 aliphatic rings. The molecule has 0 atom stereocenters. The number of anilines is 1. The van der Waals surface area contributed by atoms with Crippen LogP contribution >= 0.6 is 0 Å². The van der Waals surface area contributed by atoms with Gasteiger partial charge in [0.25, 0.3) is 5.91 Å². The summed E-state index contributed by atoms with van der Waals surface area (Å²) in [6, 6.07) is 13.6.